The molecule has 0 amide bonds. The van der Waals surface area contributed by atoms with Crippen molar-refractivity contribution < 1.29 is 8.42 Å². The van der Waals surface area contributed by atoms with Crippen LogP contribution in [-0.2, 0) is 10.0 Å². The molecule has 0 saturated carbocycles. The monoisotopic (exact) mass is 241 g/mol. The maximum atomic E-state index is 12.1. The van der Waals surface area contributed by atoms with Crippen LogP contribution in [-0.4, -0.2) is 30.8 Å². The zero-order chi connectivity index (χ0) is 11.8. The molecule has 1 unspecified atom stereocenters. The highest BCUT2D eigenvalue weighted by atomic mass is 32.2. The third-order valence-corrected chi connectivity index (χ3v) is 4.63. The van der Waals surface area contributed by atoms with Gasteiger partial charge in [-0.1, -0.05) is 6.92 Å². The first-order chi connectivity index (χ1) is 7.50. The maximum absolute atomic E-state index is 12.1. The SMILES string of the molecule is CC1CCN(S(=O)(=O)c2ccc(N)nc2)C1. The quantitative estimate of drug-likeness (QED) is 0.826. The molecule has 6 heteroatoms. The summed E-state index contributed by atoms with van der Waals surface area (Å²) in [5.74, 6) is 0.755. The lowest BCUT2D eigenvalue weighted by atomic mass is 10.2. The first-order valence-corrected chi connectivity index (χ1v) is 6.66. The smallest absolute Gasteiger partial charge is 0.244 e. The summed E-state index contributed by atoms with van der Waals surface area (Å²) in [6.45, 7) is 3.23. The Bertz CT molecular complexity index is 469. The van der Waals surface area contributed by atoms with Crippen molar-refractivity contribution in [1.82, 2.24) is 9.29 Å². The Morgan fingerprint density at radius 1 is 1.50 bits per heavy atom. The first kappa shape index (κ1) is 11.3. The topological polar surface area (TPSA) is 76.3 Å². The fraction of sp³-hybridized carbons (Fsp3) is 0.500. The zero-order valence-electron chi connectivity index (χ0n) is 9.13. The van der Waals surface area contributed by atoms with Crippen LogP contribution in [0.25, 0.3) is 0 Å². The van der Waals surface area contributed by atoms with E-state index in [4.69, 9.17) is 5.73 Å². The van der Waals surface area contributed by atoms with Crippen LogP contribution in [0.5, 0.6) is 0 Å². The second-order valence-corrected chi connectivity index (χ2v) is 6.11. The van der Waals surface area contributed by atoms with Crippen molar-refractivity contribution in [2.75, 3.05) is 18.8 Å². The van der Waals surface area contributed by atoms with Crippen LogP contribution < -0.4 is 5.73 Å². The van der Waals surface area contributed by atoms with Gasteiger partial charge in [0.1, 0.15) is 10.7 Å². The molecular formula is C10H15N3O2S. The molecule has 16 heavy (non-hydrogen) atoms. The lowest BCUT2D eigenvalue weighted by Crippen LogP contribution is -2.28. The predicted molar refractivity (Wildman–Crippen MR) is 61.2 cm³/mol. The van der Waals surface area contributed by atoms with Crippen molar-refractivity contribution in [2.45, 2.75) is 18.2 Å². The van der Waals surface area contributed by atoms with Gasteiger partial charge in [0.25, 0.3) is 0 Å². The number of nitrogen functional groups attached to an aromatic ring is 1. The van der Waals surface area contributed by atoms with Gasteiger partial charge >= 0.3 is 0 Å². The van der Waals surface area contributed by atoms with Crippen molar-refractivity contribution in [1.29, 1.82) is 0 Å². The van der Waals surface area contributed by atoms with Crippen LogP contribution in [0.4, 0.5) is 5.82 Å². The fourth-order valence-electron chi connectivity index (χ4n) is 1.81. The number of nitrogens with zero attached hydrogens (tertiary/aromatic N) is 2. The summed E-state index contributed by atoms with van der Waals surface area (Å²) in [4.78, 5) is 4.03. The van der Waals surface area contributed by atoms with Crippen molar-refractivity contribution in [3.05, 3.63) is 18.3 Å². The van der Waals surface area contributed by atoms with Crippen molar-refractivity contribution in [3.63, 3.8) is 0 Å². The lowest BCUT2D eigenvalue weighted by molar-refractivity contribution is 0.464. The van der Waals surface area contributed by atoms with Crippen molar-refractivity contribution in [3.8, 4) is 0 Å². The van der Waals surface area contributed by atoms with Crippen LogP contribution in [0.2, 0.25) is 0 Å². The number of rotatable bonds is 2. The summed E-state index contributed by atoms with van der Waals surface area (Å²) in [7, 11) is -3.37. The van der Waals surface area contributed by atoms with E-state index in [0.29, 0.717) is 24.8 Å². The lowest BCUT2D eigenvalue weighted by Gasteiger charge is -2.15. The minimum atomic E-state index is -3.37. The van der Waals surface area contributed by atoms with Gasteiger partial charge in [-0.25, -0.2) is 13.4 Å². The minimum absolute atomic E-state index is 0.218. The molecule has 0 aromatic carbocycles. The second kappa shape index (κ2) is 4.03. The molecule has 1 fully saturated rings. The number of nitrogens with two attached hydrogens (primary N) is 1. The van der Waals surface area contributed by atoms with Gasteiger partial charge in [0, 0.05) is 19.3 Å². The molecule has 1 aliphatic heterocycles. The number of aromatic nitrogens is 1. The minimum Gasteiger partial charge on any atom is -0.384 e. The summed E-state index contributed by atoms with van der Waals surface area (Å²) in [6.07, 6.45) is 2.23. The molecule has 88 valence electrons. The highest BCUT2D eigenvalue weighted by molar-refractivity contribution is 7.89. The number of pyridine rings is 1. The van der Waals surface area contributed by atoms with E-state index in [1.165, 1.54) is 22.6 Å². The molecule has 1 saturated heterocycles. The van der Waals surface area contributed by atoms with E-state index in [-0.39, 0.29) is 4.90 Å². The molecule has 0 aliphatic carbocycles. The normalized spacial score (nSPS) is 22.4. The van der Waals surface area contributed by atoms with Crippen LogP contribution in [0.15, 0.2) is 23.2 Å². The number of sulfonamides is 1. The maximum Gasteiger partial charge on any atom is 0.244 e. The molecule has 1 aromatic heterocycles. The van der Waals surface area contributed by atoms with Crippen LogP contribution in [0.3, 0.4) is 0 Å². The molecule has 2 rings (SSSR count). The molecular weight excluding hydrogens is 226 g/mol. The molecule has 2 heterocycles. The summed E-state index contributed by atoms with van der Waals surface area (Å²) < 4.78 is 25.8. The molecule has 1 atom stereocenters. The fourth-order valence-corrected chi connectivity index (χ4v) is 3.33. The molecule has 0 bridgehead atoms. The molecule has 5 nitrogen and oxygen atoms in total. The predicted octanol–water partition coefficient (Wildman–Crippen LogP) is 0.694. The van der Waals surface area contributed by atoms with Gasteiger partial charge in [-0.3, -0.25) is 0 Å². The highest BCUT2D eigenvalue weighted by Gasteiger charge is 2.30. The van der Waals surface area contributed by atoms with E-state index in [0.717, 1.165) is 6.42 Å². The Kier molecular flexibility index (Phi) is 2.86. The van der Waals surface area contributed by atoms with Crippen molar-refractivity contribution >= 4 is 15.8 Å². The average Bonchev–Trinajstić information content (AvgIpc) is 2.66. The first-order valence-electron chi connectivity index (χ1n) is 5.22. The van der Waals surface area contributed by atoms with E-state index < -0.39 is 10.0 Å². The Morgan fingerprint density at radius 2 is 2.25 bits per heavy atom. The third kappa shape index (κ3) is 2.03. The Hall–Kier alpha value is -1.14. The van der Waals surface area contributed by atoms with E-state index in [2.05, 4.69) is 11.9 Å². The van der Waals surface area contributed by atoms with Crippen LogP contribution in [0.1, 0.15) is 13.3 Å². The molecule has 1 aromatic rings. The van der Waals surface area contributed by atoms with E-state index in [1.807, 2.05) is 0 Å². The van der Waals surface area contributed by atoms with Crippen LogP contribution >= 0.6 is 0 Å². The molecule has 1 aliphatic rings. The third-order valence-electron chi connectivity index (χ3n) is 2.78. The Morgan fingerprint density at radius 3 is 2.75 bits per heavy atom. The van der Waals surface area contributed by atoms with Gasteiger partial charge in [-0.05, 0) is 24.5 Å². The van der Waals surface area contributed by atoms with Gasteiger partial charge < -0.3 is 5.73 Å². The van der Waals surface area contributed by atoms with E-state index in [1.54, 1.807) is 0 Å². The molecule has 0 radical (unpaired) electrons. The highest BCUT2D eigenvalue weighted by Crippen LogP contribution is 2.23. The van der Waals surface area contributed by atoms with Gasteiger partial charge in [-0.2, -0.15) is 4.31 Å². The number of hydrogen-bond acceptors (Lipinski definition) is 4. The Balaban J connectivity index is 2.29. The van der Waals surface area contributed by atoms with Crippen molar-refractivity contribution in [2.24, 2.45) is 5.92 Å². The molecule has 0 spiro atoms. The van der Waals surface area contributed by atoms with E-state index in [9.17, 15) is 8.42 Å². The Labute approximate surface area is 95.3 Å². The largest absolute Gasteiger partial charge is 0.384 e. The van der Waals surface area contributed by atoms with Gasteiger partial charge in [-0.15, -0.1) is 0 Å². The number of anilines is 1. The summed E-state index contributed by atoms with van der Waals surface area (Å²) >= 11 is 0. The summed E-state index contributed by atoms with van der Waals surface area (Å²) in [5.41, 5.74) is 5.43. The van der Waals surface area contributed by atoms with Gasteiger partial charge in [0.05, 0.1) is 0 Å². The average molecular weight is 241 g/mol. The second-order valence-electron chi connectivity index (χ2n) is 4.18. The zero-order valence-corrected chi connectivity index (χ0v) is 9.94. The standard InChI is InChI=1S/C10H15N3O2S/c1-8-4-5-13(7-8)16(14,15)9-2-3-10(11)12-6-9/h2-3,6,8H,4-5,7H2,1H3,(H2,11,12). The molecule has 2 N–H and O–H groups in total. The summed E-state index contributed by atoms with van der Waals surface area (Å²) in [6, 6.07) is 3.01. The number of hydrogen-bond donors (Lipinski definition) is 1. The van der Waals surface area contributed by atoms with Gasteiger partial charge in [0.15, 0.2) is 0 Å². The summed E-state index contributed by atoms with van der Waals surface area (Å²) in [5, 5.41) is 0. The van der Waals surface area contributed by atoms with Crippen LogP contribution in [0, 0.1) is 5.92 Å². The van der Waals surface area contributed by atoms with Gasteiger partial charge in [0.2, 0.25) is 10.0 Å². The van der Waals surface area contributed by atoms with E-state index >= 15 is 0 Å².